The molecule has 13 nitrogen and oxygen atoms in total. The van der Waals surface area contributed by atoms with Crippen molar-refractivity contribution >= 4 is 29.6 Å². The molecule has 3 amide bonds. The third-order valence-corrected chi connectivity index (χ3v) is 10.8. The summed E-state index contributed by atoms with van der Waals surface area (Å²) in [5.74, 6) is -1.34. The number of nitrogens with zero attached hydrogens (tertiary/aromatic N) is 4. The Morgan fingerprint density at radius 1 is 0.981 bits per heavy atom. The summed E-state index contributed by atoms with van der Waals surface area (Å²) in [7, 11) is 6.19. The van der Waals surface area contributed by atoms with Gasteiger partial charge in [-0.05, 0) is 42.2 Å². The van der Waals surface area contributed by atoms with Crippen molar-refractivity contribution in [1.29, 1.82) is 0 Å². The fraction of sp³-hybridized carbons (Fsp3) is 0.659. The highest BCUT2D eigenvalue weighted by Gasteiger charge is 2.43. The van der Waals surface area contributed by atoms with Crippen LogP contribution >= 0.6 is 0 Å². The third-order valence-electron chi connectivity index (χ3n) is 10.8. The summed E-state index contributed by atoms with van der Waals surface area (Å²) in [4.78, 5) is 67.3. The topological polar surface area (TPSA) is 152 Å². The number of carbonyl (C=O) groups is 4. The number of aromatic nitrogens is 2. The highest BCUT2D eigenvalue weighted by Crippen LogP contribution is 2.30. The van der Waals surface area contributed by atoms with Crippen LogP contribution in [0.5, 0.6) is 0 Å². The first-order valence-corrected chi connectivity index (χ1v) is 19.3. The van der Waals surface area contributed by atoms with Crippen LogP contribution < -0.4 is 10.6 Å². The summed E-state index contributed by atoms with van der Waals surface area (Å²) in [6, 6.07) is 9.01. The fourth-order valence-electron chi connectivity index (χ4n) is 7.43. The molecular formula is C41H64N6O7. The standard InChI is InChI=1S/C41H64N6O7/c1-12-27(6)36(46(8)39(50)35(26(4)5)45-41-42-21-20-30(44-41)25(2)3)33(52-9)24-34(48)47-22-16-19-32(47)37(53-10)28(7)38(49)43-31(40(51)54-11)23-29-17-14-13-15-18-29/h13-15,17-18,20-21,25-28,31-33,35-37H,12,16,19,22-24H2,1-11H3,(H,43,49)(H,42,44,45)/t27-,28+,31?,32?,33+,35?,36-,37+/m0/s1. The lowest BCUT2D eigenvalue weighted by molar-refractivity contribution is -0.148. The molecule has 1 fully saturated rings. The van der Waals surface area contributed by atoms with Crippen molar-refractivity contribution in [2.75, 3.05) is 40.2 Å². The molecule has 13 heteroatoms. The molecule has 0 aliphatic carbocycles. The molecule has 1 saturated heterocycles. The van der Waals surface area contributed by atoms with Crippen molar-refractivity contribution in [2.24, 2.45) is 17.8 Å². The molecule has 8 atom stereocenters. The summed E-state index contributed by atoms with van der Waals surface area (Å²) in [5, 5.41) is 6.15. The largest absolute Gasteiger partial charge is 0.467 e. The van der Waals surface area contributed by atoms with Crippen LogP contribution in [0.3, 0.4) is 0 Å². The molecule has 1 aromatic carbocycles. The van der Waals surface area contributed by atoms with Gasteiger partial charge in [0.25, 0.3) is 0 Å². The van der Waals surface area contributed by atoms with E-state index in [9.17, 15) is 19.2 Å². The summed E-state index contributed by atoms with van der Waals surface area (Å²) in [5.41, 5.74) is 1.76. The molecule has 2 aromatic rings. The van der Waals surface area contributed by atoms with Crippen molar-refractivity contribution in [1.82, 2.24) is 25.1 Å². The van der Waals surface area contributed by atoms with E-state index in [4.69, 9.17) is 14.2 Å². The smallest absolute Gasteiger partial charge is 0.328 e. The van der Waals surface area contributed by atoms with Gasteiger partial charge in [0, 0.05) is 46.1 Å². The second-order valence-corrected chi connectivity index (χ2v) is 15.2. The van der Waals surface area contributed by atoms with E-state index >= 15 is 0 Å². The number of amides is 3. The normalized spacial score (nSPS) is 18.3. The molecule has 1 aliphatic heterocycles. The van der Waals surface area contributed by atoms with Crippen LogP contribution in [0.1, 0.15) is 91.3 Å². The van der Waals surface area contributed by atoms with E-state index < -0.39 is 42.2 Å². The maximum atomic E-state index is 14.3. The van der Waals surface area contributed by atoms with E-state index in [1.165, 1.54) is 14.2 Å². The zero-order chi connectivity index (χ0) is 40.1. The van der Waals surface area contributed by atoms with Gasteiger partial charge in [-0.25, -0.2) is 14.8 Å². The Morgan fingerprint density at radius 3 is 2.24 bits per heavy atom. The van der Waals surface area contributed by atoms with Crippen molar-refractivity contribution in [2.45, 2.75) is 123 Å². The highest BCUT2D eigenvalue weighted by molar-refractivity contribution is 5.87. The second-order valence-electron chi connectivity index (χ2n) is 15.2. The van der Waals surface area contributed by atoms with Crippen molar-refractivity contribution < 1.29 is 33.4 Å². The predicted octanol–water partition coefficient (Wildman–Crippen LogP) is 4.86. The van der Waals surface area contributed by atoms with Gasteiger partial charge in [-0.2, -0.15) is 0 Å². The first-order valence-electron chi connectivity index (χ1n) is 19.3. The minimum atomic E-state index is -0.881. The average molecular weight is 753 g/mol. The maximum Gasteiger partial charge on any atom is 0.328 e. The van der Waals surface area contributed by atoms with Crippen LogP contribution in [-0.2, 0) is 39.8 Å². The van der Waals surface area contributed by atoms with Gasteiger partial charge in [-0.3, -0.25) is 14.4 Å². The number of anilines is 1. The number of carbonyl (C=O) groups excluding carboxylic acids is 4. The van der Waals surface area contributed by atoms with E-state index in [0.717, 1.165) is 24.1 Å². The molecule has 300 valence electrons. The zero-order valence-electron chi connectivity index (χ0n) is 34.2. The minimum Gasteiger partial charge on any atom is -0.467 e. The van der Waals surface area contributed by atoms with Crippen molar-refractivity contribution in [3.63, 3.8) is 0 Å². The van der Waals surface area contributed by atoms with E-state index in [0.29, 0.717) is 18.9 Å². The Hall–Kier alpha value is -4.10. The van der Waals surface area contributed by atoms with Gasteiger partial charge in [0.05, 0.1) is 43.7 Å². The number of likely N-dealkylation sites (N-methyl/N-ethyl adjacent to an activating group) is 1. The molecule has 2 N–H and O–H groups in total. The molecule has 0 saturated carbocycles. The molecule has 0 spiro atoms. The Kier molecular flexibility index (Phi) is 17.3. The predicted molar refractivity (Wildman–Crippen MR) is 209 cm³/mol. The number of nitrogens with one attached hydrogen (secondary N) is 2. The van der Waals surface area contributed by atoms with Gasteiger partial charge in [0.15, 0.2) is 0 Å². The van der Waals surface area contributed by atoms with E-state index in [1.54, 1.807) is 37.1 Å². The average Bonchev–Trinajstić information content (AvgIpc) is 3.65. The van der Waals surface area contributed by atoms with Gasteiger partial charge in [-0.15, -0.1) is 0 Å². The van der Waals surface area contributed by atoms with Crippen LogP contribution in [0, 0.1) is 17.8 Å². The molecule has 2 heterocycles. The number of hydrogen-bond donors (Lipinski definition) is 2. The zero-order valence-corrected chi connectivity index (χ0v) is 34.2. The Morgan fingerprint density at radius 2 is 1.67 bits per heavy atom. The van der Waals surface area contributed by atoms with Gasteiger partial charge in [-0.1, -0.05) is 85.2 Å². The third kappa shape index (κ3) is 11.5. The van der Waals surface area contributed by atoms with Gasteiger partial charge in [0.2, 0.25) is 23.7 Å². The summed E-state index contributed by atoms with van der Waals surface area (Å²) in [6.07, 6.45) is 2.94. The SMILES string of the molecule is CC[C@H](C)[C@@H]([C@@H](CC(=O)N1CCCC1[C@H](OC)[C@@H](C)C(=O)NC(Cc1ccccc1)C(=O)OC)OC)N(C)C(=O)C(Nc1nccc(C(C)C)n1)C(C)C. The number of benzene rings is 1. The Labute approximate surface area is 322 Å². The van der Waals surface area contributed by atoms with Gasteiger partial charge < -0.3 is 34.6 Å². The quantitative estimate of drug-likeness (QED) is 0.180. The molecule has 3 unspecified atom stereocenters. The fourth-order valence-corrected chi connectivity index (χ4v) is 7.43. The van der Waals surface area contributed by atoms with Crippen LogP contribution in [0.4, 0.5) is 5.95 Å². The van der Waals surface area contributed by atoms with Crippen molar-refractivity contribution in [3.05, 3.63) is 53.9 Å². The number of likely N-dealkylation sites (tertiary alicyclic amines) is 1. The lowest BCUT2D eigenvalue weighted by atomic mass is 9.89. The molecular weight excluding hydrogens is 688 g/mol. The maximum absolute atomic E-state index is 14.3. The van der Waals surface area contributed by atoms with Crippen LogP contribution in [0.25, 0.3) is 0 Å². The number of esters is 1. The second kappa shape index (κ2) is 21.1. The van der Waals surface area contributed by atoms with Crippen molar-refractivity contribution in [3.8, 4) is 0 Å². The Bertz CT molecular complexity index is 1510. The van der Waals surface area contributed by atoms with E-state index in [-0.39, 0.29) is 54.4 Å². The monoisotopic (exact) mass is 752 g/mol. The summed E-state index contributed by atoms with van der Waals surface area (Å²) >= 11 is 0. The number of hydrogen-bond acceptors (Lipinski definition) is 10. The van der Waals surface area contributed by atoms with Gasteiger partial charge in [0.1, 0.15) is 12.1 Å². The summed E-state index contributed by atoms with van der Waals surface area (Å²) < 4.78 is 17.0. The molecule has 54 heavy (non-hydrogen) atoms. The van der Waals surface area contributed by atoms with Gasteiger partial charge >= 0.3 is 5.97 Å². The number of rotatable bonds is 20. The first kappa shape index (κ1) is 44.3. The van der Waals surface area contributed by atoms with Crippen LogP contribution in [-0.4, -0.2) is 115 Å². The Balaban J connectivity index is 1.78. The lowest BCUT2D eigenvalue weighted by Gasteiger charge is -2.40. The molecule has 0 bridgehead atoms. The number of methoxy groups -OCH3 is 3. The van der Waals surface area contributed by atoms with Crippen LogP contribution in [0.2, 0.25) is 0 Å². The lowest BCUT2D eigenvalue weighted by Crippen LogP contribution is -2.56. The highest BCUT2D eigenvalue weighted by atomic mass is 16.5. The minimum absolute atomic E-state index is 0.00786. The van der Waals surface area contributed by atoms with E-state index in [2.05, 4.69) is 48.3 Å². The number of ether oxygens (including phenoxy) is 3. The van der Waals surface area contributed by atoms with Crippen LogP contribution in [0.15, 0.2) is 42.6 Å². The molecule has 3 rings (SSSR count). The molecule has 1 aliphatic rings. The first-order chi connectivity index (χ1) is 25.7. The molecule has 0 radical (unpaired) electrons. The molecule has 1 aromatic heterocycles. The van der Waals surface area contributed by atoms with E-state index in [1.807, 2.05) is 50.2 Å². The summed E-state index contributed by atoms with van der Waals surface area (Å²) in [6.45, 7) is 14.5.